The molecular formula is C27H27Cl3N2O2S. The van der Waals surface area contributed by atoms with Crippen molar-refractivity contribution in [2.24, 2.45) is 0 Å². The van der Waals surface area contributed by atoms with Crippen molar-refractivity contribution in [1.29, 1.82) is 0 Å². The van der Waals surface area contributed by atoms with Crippen LogP contribution in [-0.2, 0) is 22.6 Å². The molecule has 8 heteroatoms. The lowest BCUT2D eigenvalue weighted by Crippen LogP contribution is -2.52. The number of nitrogens with one attached hydrogen (secondary N) is 1. The number of hydrogen-bond acceptors (Lipinski definition) is 3. The van der Waals surface area contributed by atoms with Crippen molar-refractivity contribution in [3.05, 3.63) is 99.0 Å². The summed E-state index contributed by atoms with van der Waals surface area (Å²) in [5.41, 5.74) is 1.76. The third-order valence-corrected chi connectivity index (χ3v) is 7.20. The summed E-state index contributed by atoms with van der Waals surface area (Å²) < 4.78 is 0. The van der Waals surface area contributed by atoms with Gasteiger partial charge in [-0.2, -0.15) is 0 Å². The van der Waals surface area contributed by atoms with Crippen molar-refractivity contribution in [1.82, 2.24) is 10.2 Å². The van der Waals surface area contributed by atoms with Gasteiger partial charge in [0.1, 0.15) is 6.04 Å². The van der Waals surface area contributed by atoms with E-state index in [-0.39, 0.29) is 30.2 Å². The molecule has 1 unspecified atom stereocenters. The summed E-state index contributed by atoms with van der Waals surface area (Å²) in [6, 6.07) is 21.5. The average molecular weight is 550 g/mol. The summed E-state index contributed by atoms with van der Waals surface area (Å²) in [6.07, 6.45) is 0.387. The number of carbonyl (C=O) groups excluding carboxylic acids is 2. The standard InChI is InChI=1S/C27H27Cl3N2O2S/c1-18(2)31-27(34)25(15-19-6-4-3-5-7-19)32(16-20-8-13-23(29)24(30)14-20)26(33)17-35-22-11-9-21(28)10-12-22/h3-14,18,25H,15-17H2,1-2H3,(H,31,34). The molecule has 0 radical (unpaired) electrons. The fraction of sp³-hybridized carbons (Fsp3) is 0.259. The van der Waals surface area contributed by atoms with E-state index in [1.807, 2.05) is 62.4 Å². The number of carbonyl (C=O) groups is 2. The second-order valence-corrected chi connectivity index (χ2v) is 10.7. The van der Waals surface area contributed by atoms with Crippen molar-refractivity contribution in [2.75, 3.05) is 5.75 Å². The molecule has 4 nitrogen and oxygen atoms in total. The van der Waals surface area contributed by atoms with Gasteiger partial charge in [-0.25, -0.2) is 0 Å². The molecule has 0 aliphatic carbocycles. The molecule has 0 heterocycles. The Balaban J connectivity index is 1.92. The van der Waals surface area contributed by atoms with Crippen molar-refractivity contribution >= 4 is 58.4 Å². The molecule has 1 atom stereocenters. The first-order valence-electron chi connectivity index (χ1n) is 11.2. The lowest BCUT2D eigenvalue weighted by atomic mass is 10.0. The predicted molar refractivity (Wildman–Crippen MR) is 146 cm³/mol. The van der Waals surface area contributed by atoms with Crippen molar-refractivity contribution in [3.63, 3.8) is 0 Å². The monoisotopic (exact) mass is 548 g/mol. The van der Waals surface area contributed by atoms with Crippen molar-refractivity contribution in [3.8, 4) is 0 Å². The highest BCUT2D eigenvalue weighted by Crippen LogP contribution is 2.26. The topological polar surface area (TPSA) is 49.4 Å². The van der Waals surface area contributed by atoms with Gasteiger partial charge in [0.2, 0.25) is 11.8 Å². The molecule has 1 N–H and O–H groups in total. The Hall–Kier alpha value is -2.18. The molecule has 0 aliphatic rings. The van der Waals surface area contributed by atoms with E-state index < -0.39 is 6.04 Å². The minimum Gasteiger partial charge on any atom is -0.352 e. The molecule has 0 spiro atoms. The van der Waals surface area contributed by atoms with Gasteiger partial charge in [0.25, 0.3) is 0 Å². The summed E-state index contributed by atoms with van der Waals surface area (Å²) >= 11 is 19.7. The Bertz CT molecular complexity index is 1140. The lowest BCUT2D eigenvalue weighted by molar-refractivity contribution is -0.139. The summed E-state index contributed by atoms with van der Waals surface area (Å²) in [7, 11) is 0. The first-order chi connectivity index (χ1) is 16.7. The number of amides is 2. The number of halogens is 3. The van der Waals surface area contributed by atoms with Crippen LogP contribution in [0.1, 0.15) is 25.0 Å². The van der Waals surface area contributed by atoms with E-state index in [2.05, 4.69) is 5.32 Å². The number of benzene rings is 3. The zero-order valence-electron chi connectivity index (χ0n) is 19.5. The minimum atomic E-state index is -0.701. The van der Waals surface area contributed by atoms with Gasteiger partial charge in [0, 0.05) is 28.9 Å². The molecule has 3 aromatic carbocycles. The molecule has 0 bridgehead atoms. The van der Waals surface area contributed by atoms with Crippen LogP contribution in [0, 0.1) is 0 Å². The molecule has 0 aliphatic heterocycles. The van der Waals surface area contributed by atoms with Gasteiger partial charge in [0.15, 0.2) is 0 Å². The third kappa shape index (κ3) is 8.46. The zero-order chi connectivity index (χ0) is 25.4. The first-order valence-corrected chi connectivity index (χ1v) is 13.3. The number of rotatable bonds is 10. The lowest BCUT2D eigenvalue weighted by Gasteiger charge is -2.32. The van der Waals surface area contributed by atoms with Crippen LogP contribution in [0.5, 0.6) is 0 Å². The fourth-order valence-electron chi connectivity index (χ4n) is 3.53. The smallest absolute Gasteiger partial charge is 0.243 e. The van der Waals surface area contributed by atoms with Crippen LogP contribution in [0.3, 0.4) is 0 Å². The van der Waals surface area contributed by atoms with E-state index in [9.17, 15) is 9.59 Å². The van der Waals surface area contributed by atoms with Gasteiger partial charge in [-0.3, -0.25) is 9.59 Å². The highest BCUT2D eigenvalue weighted by molar-refractivity contribution is 8.00. The van der Waals surface area contributed by atoms with E-state index in [1.54, 1.807) is 29.2 Å². The Morgan fingerprint density at radius 3 is 2.20 bits per heavy atom. The predicted octanol–water partition coefficient (Wildman–Crippen LogP) is 6.90. The van der Waals surface area contributed by atoms with Gasteiger partial charge < -0.3 is 10.2 Å². The molecule has 184 valence electrons. The molecule has 3 aromatic rings. The maximum Gasteiger partial charge on any atom is 0.243 e. The highest BCUT2D eigenvalue weighted by Gasteiger charge is 2.30. The van der Waals surface area contributed by atoms with Crippen LogP contribution < -0.4 is 5.32 Å². The van der Waals surface area contributed by atoms with Crippen LogP contribution in [0.2, 0.25) is 15.1 Å². The fourth-order valence-corrected chi connectivity index (χ4v) is 4.76. The normalized spacial score (nSPS) is 11.8. The van der Waals surface area contributed by atoms with Gasteiger partial charge in [-0.1, -0.05) is 71.2 Å². The second-order valence-electron chi connectivity index (χ2n) is 8.38. The van der Waals surface area contributed by atoms with Crippen LogP contribution in [0.25, 0.3) is 0 Å². The Morgan fingerprint density at radius 2 is 1.57 bits per heavy atom. The highest BCUT2D eigenvalue weighted by atomic mass is 35.5. The van der Waals surface area contributed by atoms with Crippen LogP contribution in [-0.4, -0.2) is 34.6 Å². The van der Waals surface area contributed by atoms with E-state index >= 15 is 0 Å². The maximum absolute atomic E-state index is 13.6. The van der Waals surface area contributed by atoms with Crippen molar-refractivity contribution in [2.45, 2.75) is 43.8 Å². The number of hydrogen-bond donors (Lipinski definition) is 1. The zero-order valence-corrected chi connectivity index (χ0v) is 22.6. The summed E-state index contributed by atoms with van der Waals surface area (Å²) in [5, 5.41) is 4.45. The SMILES string of the molecule is CC(C)NC(=O)C(Cc1ccccc1)N(Cc1ccc(Cl)c(Cl)c1)C(=O)CSc1ccc(Cl)cc1. The summed E-state index contributed by atoms with van der Waals surface area (Å²) in [6.45, 7) is 4.03. The van der Waals surface area contributed by atoms with Gasteiger partial charge in [-0.05, 0) is 61.4 Å². The van der Waals surface area contributed by atoms with Crippen LogP contribution >= 0.6 is 46.6 Å². The van der Waals surface area contributed by atoms with Gasteiger partial charge >= 0.3 is 0 Å². The molecule has 3 rings (SSSR count). The second kappa shape index (κ2) is 13.2. The molecule has 0 saturated heterocycles. The Labute approximate surface area is 225 Å². The van der Waals surface area contributed by atoms with Crippen LogP contribution in [0.4, 0.5) is 0 Å². The van der Waals surface area contributed by atoms with E-state index in [4.69, 9.17) is 34.8 Å². The van der Waals surface area contributed by atoms with E-state index in [0.29, 0.717) is 21.5 Å². The average Bonchev–Trinajstić information content (AvgIpc) is 2.83. The molecule has 0 fully saturated rings. The summed E-state index contributed by atoms with van der Waals surface area (Å²) in [5.74, 6) is -0.187. The Kier molecular flexibility index (Phi) is 10.4. The summed E-state index contributed by atoms with van der Waals surface area (Å²) in [4.78, 5) is 29.5. The van der Waals surface area contributed by atoms with Crippen LogP contribution in [0.15, 0.2) is 77.7 Å². The molecule has 35 heavy (non-hydrogen) atoms. The van der Waals surface area contributed by atoms with Gasteiger partial charge in [-0.15, -0.1) is 11.8 Å². The van der Waals surface area contributed by atoms with E-state index in [0.717, 1.165) is 16.0 Å². The quantitative estimate of drug-likeness (QED) is 0.280. The largest absolute Gasteiger partial charge is 0.352 e. The maximum atomic E-state index is 13.6. The van der Waals surface area contributed by atoms with Crippen molar-refractivity contribution < 1.29 is 9.59 Å². The Morgan fingerprint density at radius 1 is 0.886 bits per heavy atom. The molecule has 0 saturated carbocycles. The minimum absolute atomic E-state index is 0.0638. The van der Waals surface area contributed by atoms with Gasteiger partial charge in [0.05, 0.1) is 15.8 Å². The number of thioether (sulfide) groups is 1. The third-order valence-electron chi connectivity index (χ3n) is 5.21. The number of nitrogens with zero attached hydrogens (tertiary/aromatic N) is 1. The molecule has 0 aromatic heterocycles. The molecular weight excluding hydrogens is 523 g/mol. The molecule has 2 amide bonds. The first kappa shape index (κ1) is 27.4. The van der Waals surface area contributed by atoms with E-state index in [1.165, 1.54) is 11.8 Å².